The highest BCUT2D eigenvalue weighted by molar-refractivity contribution is 8.00. The van der Waals surface area contributed by atoms with Crippen molar-refractivity contribution in [1.82, 2.24) is 9.97 Å². The number of thioether (sulfide) groups is 1. The molecule has 0 spiro atoms. The standard InChI is InChI=1S/C29H25N3O3S3/c1-4-35-29(34)21-13-23(19-8-6-5-7-9-19)38-26(21)32-24(33)15-37-28-25-22(14-36-27(25)30-16-31-28)20-11-10-17(2)18(3)12-20/h5-14,16H,4,15H2,1-3H3,(H,32,33). The molecule has 192 valence electrons. The zero-order valence-corrected chi connectivity index (χ0v) is 23.6. The van der Waals surface area contributed by atoms with Gasteiger partial charge in [-0.3, -0.25) is 4.79 Å². The number of esters is 1. The van der Waals surface area contributed by atoms with E-state index in [2.05, 4.69) is 52.7 Å². The van der Waals surface area contributed by atoms with Gasteiger partial charge in [0.15, 0.2) is 0 Å². The average molecular weight is 560 g/mol. The molecule has 0 fully saturated rings. The number of fused-ring (bicyclic) bond motifs is 1. The van der Waals surface area contributed by atoms with Crippen LogP contribution in [0, 0.1) is 13.8 Å². The molecule has 0 saturated heterocycles. The summed E-state index contributed by atoms with van der Waals surface area (Å²) in [6.07, 6.45) is 1.54. The summed E-state index contributed by atoms with van der Waals surface area (Å²) in [5.41, 5.74) is 5.95. The van der Waals surface area contributed by atoms with Gasteiger partial charge in [0.25, 0.3) is 0 Å². The fraction of sp³-hybridized carbons (Fsp3) is 0.172. The smallest absolute Gasteiger partial charge is 0.341 e. The Kier molecular flexibility index (Phi) is 7.87. The summed E-state index contributed by atoms with van der Waals surface area (Å²) in [5.74, 6) is -0.547. The van der Waals surface area contributed by atoms with Crippen molar-refractivity contribution in [1.29, 1.82) is 0 Å². The number of carbonyl (C=O) groups excluding carboxylic acids is 2. The first-order valence-corrected chi connectivity index (χ1v) is 14.7. The number of aryl methyl sites for hydroxylation is 2. The number of ether oxygens (including phenoxy) is 1. The van der Waals surface area contributed by atoms with Crippen molar-refractivity contribution < 1.29 is 14.3 Å². The molecule has 3 aromatic heterocycles. The van der Waals surface area contributed by atoms with Crippen LogP contribution in [-0.4, -0.2) is 34.2 Å². The van der Waals surface area contributed by atoms with Crippen molar-refractivity contribution in [3.63, 3.8) is 0 Å². The molecule has 0 aliphatic carbocycles. The summed E-state index contributed by atoms with van der Waals surface area (Å²) < 4.78 is 5.23. The van der Waals surface area contributed by atoms with Crippen LogP contribution >= 0.6 is 34.4 Å². The number of amides is 1. The molecule has 0 aliphatic rings. The second-order valence-electron chi connectivity index (χ2n) is 8.58. The molecule has 0 unspecified atom stereocenters. The van der Waals surface area contributed by atoms with Gasteiger partial charge >= 0.3 is 5.97 Å². The third-order valence-corrected chi connectivity index (χ3v) is 9.01. The zero-order valence-electron chi connectivity index (χ0n) is 21.1. The number of nitrogens with zero attached hydrogens (tertiary/aromatic N) is 2. The van der Waals surface area contributed by atoms with E-state index in [-0.39, 0.29) is 18.3 Å². The normalized spacial score (nSPS) is 11.0. The SMILES string of the molecule is CCOC(=O)c1cc(-c2ccccc2)sc1NC(=O)CSc1ncnc2scc(-c3ccc(C)c(C)c3)c12. The fourth-order valence-corrected chi connectivity index (χ4v) is 6.83. The first-order valence-electron chi connectivity index (χ1n) is 12.0. The second-order valence-corrected chi connectivity index (χ2v) is 11.5. The van der Waals surface area contributed by atoms with Crippen molar-refractivity contribution in [3.8, 4) is 21.6 Å². The van der Waals surface area contributed by atoms with E-state index in [4.69, 9.17) is 4.74 Å². The Labute approximate surface area is 233 Å². The highest BCUT2D eigenvalue weighted by atomic mass is 32.2. The third-order valence-electron chi connectivity index (χ3n) is 6.03. The number of benzene rings is 2. The van der Waals surface area contributed by atoms with Gasteiger partial charge < -0.3 is 10.1 Å². The topological polar surface area (TPSA) is 81.2 Å². The number of carbonyl (C=O) groups is 2. The Morgan fingerprint density at radius 1 is 1.00 bits per heavy atom. The first-order chi connectivity index (χ1) is 18.4. The van der Waals surface area contributed by atoms with Crippen LogP contribution in [0.15, 0.2) is 71.3 Å². The molecule has 6 nitrogen and oxygen atoms in total. The van der Waals surface area contributed by atoms with Gasteiger partial charge in [-0.2, -0.15) is 0 Å². The maximum absolute atomic E-state index is 13.1. The molecule has 0 bridgehead atoms. The number of aromatic nitrogens is 2. The van der Waals surface area contributed by atoms with E-state index in [0.29, 0.717) is 10.6 Å². The molecular weight excluding hydrogens is 535 g/mol. The molecule has 9 heteroatoms. The van der Waals surface area contributed by atoms with E-state index in [0.717, 1.165) is 36.8 Å². The molecule has 3 heterocycles. The molecule has 0 atom stereocenters. The van der Waals surface area contributed by atoms with Crippen LogP contribution in [0.25, 0.3) is 31.8 Å². The summed E-state index contributed by atoms with van der Waals surface area (Å²) >= 11 is 4.28. The van der Waals surface area contributed by atoms with Gasteiger partial charge in [-0.05, 0) is 49.1 Å². The quantitative estimate of drug-likeness (QED) is 0.120. The van der Waals surface area contributed by atoms with Gasteiger partial charge in [-0.15, -0.1) is 22.7 Å². The first kappa shape index (κ1) is 26.1. The number of thiophene rings is 2. The van der Waals surface area contributed by atoms with Crippen LogP contribution in [0.5, 0.6) is 0 Å². The molecule has 0 radical (unpaired) electrons. The summed E-state index contributed by atoms with van der Waals surface area (Å²) in [4.78, 5) is 36.4. The van der Waals surface area contributed by atoms with Crippen molar-refractivity contribution in [2.45, 2.75) is 25.8 Å². The van der Waals surface area contributed by atoms with Crippen molar-refractivity contribution in [2.75, 3.05) is 17.7 Å². The lowest BCUT2D eigenvalue weighted by atomic mass is 10.0. The predicted molar refractivity (Wildman–Crippen MR) is 157 cm³/mol. The Morgan fingerprint density at radius 3 is 2.58 bits per heavy atom. The molecule has 38 heavy (non-hydrogen) atoms. The van der Waals surface area contributed by atoms with Gasteiger partial charge in [-0.25, -0.2) is 14.8 Å². The van der Waals surface area contributed by atoms with Gasteiger partial charge in [-0.1, -0.05) is 60.3 Å². The predicted octanol–water partition coefficient (Wildman–Crippen LogP) is 7.61. The molecule has 0 saturated carbocycles. The highest BCUT2D eigenvalue weighted by Crippen LogP contribution is 2.39. The van der Waals surface area contributed by atoms with Crippen LogP contribution in [0.2, 0.25) is 0 Å². The number of hydrogen-bond acceptors (Lipinski definition) is 8. The van der Waals surface area contributed by atoms with E-state index < -0.39 is 5.97 Å². The monoisotopic (exact) mass is 559 g/mol. The maximum atomic E-state index is 13.1. The van der Waals surface area contributed by atoms with Crippen LogP contribution in [0.4, 0.5) is 5.00 Å². The largest absolute Gasteiger partial charge is 0.462 e. The number of hydrogen-bond donors (Lipinski definition) is 1. The molecule has 5 aromatic rings. The van der Waals surface area contributed by atoms with Crippen molar-refractivity contribution in [3.05, 3.63) is 83.0 Å². The summed E-state index contributed by atoms with van der Waals surface area (Å²) in [6, 6.07) is 17.9. The minimum absolute atomic E-state index is 0.134. The molecule has 0 aliphatic heterocycles. The third kappa shape index (κ3) is 5.50. The summed E-state index contributed by atoms with van der Waals surface area (Å²) in [7, 11) is 0. The van der Waals surface area contributed by atoms with Gasteiger partial charge in [0, 0.05) is 15.8 Å². The Balaban J connectivity index is 1.38. The van der Waals surface area contributed by atoms with Crippen LogP contribution in [0.3, 0.4) is 0 Å². The van der Waals surface area contributed by atoms with E-state index in [1.165, 1.54) is 40.6 Å². The van der Waals surface area contributed by atoms with Gasteiger partial charge in [0.1, 0.15) is 21.2 Å². The molecule has 2 aromatic carbocycles. The lowest BCUT2D eigenvalue weighted by molar-refractivity contribution is -0.113. The zero-order chi connectivity index (χ0) is 26.6. The van der Waals surface area contributed by atoms with E-state index in [1.54, 1.807) is 24.3 Å². The van der Waals surface area contributed by atoms with E-state index >= 15 is 0 Å². The number of rotatable bonds is 8. The van der Waals surface area contributed by atoms with E-state index in [9.17, 15) is 9.59 Å². The molecular formula is C29H25N3O3S3. The molecule has 1 amide bonds. The maximum Gasteiger partial charge on any atom is 0.341 e. The summed E-state index contributed by atoms with van der Waals surface area (Å²) in [5, 5.41) is 7.20. The lowest BCUT2D eigenvalue weighted by Crippen LogP contribution is -2.16. The Morgan fingerprint density at radius 2 is 1.82 bits per heavy atom. The van der Waals surface area contributed by atoms with Crippen LogP contribution in [-0.2, 0) is 9.53 Å². The Bertz CT molecular complexity index is 1630. The van der Waals surface area contributed by atoms with Crippen molar-refractivity contribution >= 4 is 61.5 Å². The van der Waals surface area contributed by atoms with E-state index in [1.807, 2.05) is 30.3 Å². The number of nitrogens with one attached hydrogen (secondary N) is 1. The minimum atomic E-state index is -0.456. The van der Waals surface area contributed by atoms with Gasteiger partial charge in [0.05, 0.1) is 23.3 Å². The lowest BCUT2D eigenvalue weighted by Gasteiger charge is -2.08. The molecule has 1 N–H and O–H groups in total. The number of anilines is 1. The average Bonchev–Trinajstić information content (AvgIpc) is 3.55. The summed E-state index contributed by atoms with van der Waals surface area (Å²) in [6.45, 7) is 6.21. The van der Waals surface area contributed by atoms with Crippen LogP contribution < -0.4 is 5.32 Å². The fourth-order valence-electron chi connectivity index (χ4n) is 3.96. The van der Waals surface area contributed by atoms with Crippen LogP contribution in [0.1, 0.15) is 28.4 Å². The minimum Gasteiger partial charge on any atom is -0.462 e. The Hall–Kier alpha value is -3.53. The molecule has 5 rings (SSSR count). The van der Waals surface area contributed by atoms with Crippen molar-refractivity contribution in [2.24, 2.45) is 0 Å². The second kappa shape index (κ2) is 11.5. The highest BCUT2D eigenvalue weighted by Gasteiger charge is 2.21. The van der Waals surface area contributed by atoms with Gasteiger partial charge in [0.2, 0.25) is 5.91 Å².